The minimum Gasteiger partial charge on any atom is -0.220 e. The average Bonchev–Trinajstić information content (AvgIpc) is 1.10. The van der Waals surface area contributed by atoms with Crippen LogP contribution in [0.3, 0.4) is 0 Å². The molecule has 0 saturated carbocycles. The SMILES string of the molecule is Cc1ccc(-c2ccc(F)cc2)cc1.Cc1ccc(-c2cccc3ccccc23)c2ccccc12.Cc1ccc(-c2ccccc2)cc1.Cc1ccc(-c2cccs2)cc1.Cc1ccc(-c2cn(-c3ccccc3)nn2)cc1.Cc1cccc(-c2ccccc2)c1.Cc1cccc(-c2cn(-c3ccccc3)nn2)c1.Cc1ccccc1-c1ccccc1. The number of fused-ring (bicyclic) bond motifs is 2. The number of hydrogen-bond acceptors (Lipinski definition) is 5. The van der Waals surface area contributed by atoms with E-state index in [1.54, 1.807) is 32.8 Å². The number of hydrogen-bond donors (Lipinski definition) is 0. The van der Waals surface area contributed by atoms with Crippen molar-refractivity contribution in [2.45, 2.75) is 55.4 Å². The van der Waals surface area contributed by atoms with Gasteiger partial charge < -0.3 is 0 Å². The molecule has 0 spiro atoms. The first-order chi connectivity index (χ1) is 59.7. The van der Waals surface area contributed by atoms with Gasteiger partial charge in [0.25, 0.3) is 0 Å². The maximum absolute atomic E-state index is 12.7. The van der Waals surface area contributed by atoms with Gasteiger partial charge in [0.05, 0.1) is 23.8 Å². The topological polar surface area (TPSA) is 61.4 Å². The minimum absolute atomic E-state index is 0.194. The van der Waals surface area contributed by atoms with Gasteiger partial charge in [-0.2, -0.15) is 0 Å². The summed E-state index contributed by atoms with van der Waals surface area (Å²) in [6, 6.07) is 149. The molecule has 8 heteroatoms. The van der Waals surface area contributed by atoms with Crippen molar-refractivity contribution in [2.75, 3.05) is 0 Å². The fourth-order valence-electron chi connectivity index (χ4n) is 13.8. The highest BCUT2D eigenvalue weighted by Gasteiger charge is 2.11. The van der Waals surface area contributed by atoms with Gasteiger partial charge in [0.15, 0.2) is 0 Å². The van der Waals surface area contributed by atoms with E-state index in [1.165, 1.54) is 133 Å². The van der Waals surface area contributed by atoms with E-state index in [2.05, 4.69) is 391 Å². The van der Waals surface area contributed by atoms with Crippen molar-refractivity contribution in [3.63, 3.8) is 0 Å². The molecule has 598 valence electrons. The second-order valence-corrected chi connectivity index (χ2v) is 30.8. The van der Waals surface area contributed by atoms with Crippen LogP contribution in [0.5, 0.6) is 0 Å². The maximum atomic E-state index is 12.7. The summed E-state index contributed by atoms with van der Waals surface area (Å²) in [7, 11) is 0. The third kappa shape index (κ3) is 24.4. The zero-order chi connectivity index (χ0) is 84.6. The van der Waals surface area contributed by atoms with E-state index in [0.29, 0.717) is 0 Å². The Balaban J connectivity index is 0.000000121. The van der Waals surface area contributed by atoms with Gasteiger partial charge in [-0.3, -0.25) is 0 Å². The number of halogens is 1. The van der Waals surface area contributed by atoms with E-state index in [0.717, 1.165) is 45.0 Å². The van der Waals surface area contributed by atoms with Crippen LogP contribution in [0, 0.1) is 61.2 Å². The maximum Gasteiger partial charge on any atom is 0.123 e. The van der Waals surface area contributed by atoms with E-state index < -0.39 is 0 Å². The van der Waals surface area contributed by atoms with Crippen LogP contribution >= 0.6 is 11.3 Å². The number of nitrogens with zero attached hydrogens (tertiary/aromatic N) is 6. The highest BCUT2D eigenvalue weighted by atomic mass is 32.1. The number of benzene rings is 17. The summed E-state index contributed by atoms with van der Waals surface area (Å²) in [4.78, 5) is 1.34. The predicted molar refractivity (Wildman–Crippen MR) is 516 cm³/mol. The number of aromatic nitrogens is 6. The summed E-state index contributed by atoms with van der Waals surface area (Å²) < 4.78 is 16.2. The lowest BCUT2D eigenvalue weighted by atomic mass is 9.92. The summed E-state index contributed by atoms with van der Waals surface area (Å²) in [5.74, 6) is -0.194. The molecule has 6 nitrogen and oxygen atoms in total. The van der Waals surface area contributed by atoms with Crippen LogP contribution in [-0.2, 0) is 0 Å². The van der Waals surface area contributed by atoms with E-state index >= 15 is 0 Å². The van der Waals surface area contributed by atoms with Crippen molar-refractivity contribution in [3.05, 3.63) is 505 Å². The molecule has 0 unspecified atom stereocenters. The van der Waals surface area contributed by atoms with Crippen LogP contribution < -0.4 is 0 Å². The number of para-hydroxylation sites is 2. The molecule has 0 radical (unpaired) electrons. The van der Waals surface area contributed by atoms with E-state index in [1.807, 2.05) is 116 Å². The Hall–Kier alpha value is -14.8. The van der Waals surface area contributed by atoms with Gasteiger partial charge in [-0.15, -0.1) is 21.5 Å². The number of aryl methyl sites for hydroxylation is 8. The van der Waals surface area contributed by atoms with Crippen molar-refractivity contribution in [2.24, 2.45) is 0 Å². The van der Waals surface area contributed by atoms with Gasteiger partial charge in [-0.25, -0.2) is 13.8 Å². The zero-order valence-corrected chi connectivity index (χ0v) is 71.1. The molecule has 17 aromatic carbocycles. The van der Waals surface area contributed by atoms with Crippen molar-refractivity contribution < 1.29 is 4.39 Å². The molecule has 3 heterocycles. The molecule has 0 aliphatic rings. The lowest BCUT2D eigenvalue weighted by Crippen LogP contribution is -1.93. The van der Waals surface area contributed by atoms with Gasteiger partial charge >= 0.3 is 0 Å². The van der Waals surface area contributed by atoms with Crippen LogP contribution in [0.2, 0.25) is 0 Å². The lowest BCUT2D eigenvalue weighted by molar-refractivity contribution is 0.628. The Kier molecular flexibility index (Phi) is 30.4. The lowest BCUT2D eigenvalue weighted by Gasteiger charge is -2.11. The molecule has 0 amide bonds. The molecular formula is C114H99FN6S. The molecule has 122 heavy (non-hydrogen) atoms. The monoisotopic (exact) mass is 1600 g/mol. The van der Waals surface area contributed by atoms with Gasteiger partial charge in [0.2, 0.25) is 0 Å². The third-order valence-electron chi connectivity index (χ3n) is 20.5. The summed E-state index contributed by atoms with van der Waals surface area (Å²) in [6.45, 7) is 16.8. The first kappa shape index (κ1) is 85.1. The number of rotatable bonds is 10. The smallest absolute Gasteiger partial charge is 0.123 e. The molecule has 3 aromatic heterocycles. The van der Waals surface area contributed by atoms with Crippen LogP contribution in [-0.4, -0.2) is 30.0 Å². The van der Waals surface area contributed by atoms with Crippen molar-refractivity contribution >= 4 is 32.9 Å². The van der Waals surface area contributed by atoms with E-state index in [-0.39, 0.29) is 5.82 Å². The van der Waals surface area contributed by atoms with Gasteiger partial charge in [-0.1, -0.05) is 432 Å². The van der Waals surface area contributed by atoms with Crippen LogP contribution in [0.15, 0.2) is 455 Å². The normalized spacial score (nSPS) is 10.3. The second kappa shape index (κ2) is 43.6. The molecule has 0 atom stereocenters. The van der Waals surface area contributed by atoms with Crippen molar-refractivity contribution in [1.82, 2.24) is 30.0 Å². The molecule has 0 bridgehead atoms. The Morgan fingerprint density at radius 1 is 0.230 bits per heavy atom. The second-order valence-electron chi connectivity index (χ2n) is 29.9. The summed E-state index contributed by atoms with van der Waals surface area (Å²) >= 11 is 1.78. The minimum atomic E-state index is -0.194. The Bertz CT molecular complexity index is 6490. The summed E-state index contributed by atoms with van der Waals surface area (Å²) in [5, 5.41) is 24.1. The highest BCUT2D eigenvalue weighted by Crippen LogP contribution is 2.36. The molecule has 20 aromatic rings. The Morgan fingerprint density at radius 2 is 0.590 bits per heavy atom. The zero-order valence-electron chi connectivity index (χ0n) is 70.3. The van der Waals surface area contributed by atoms with Gasteiger partial charge in [-0.05, 0) is 203 Å². The summed E-state index contributed by atoms with van der Waals surface area (Å²) in [6.07, 6.45) is 3.89. The van der Waals surface area contributed by atoms with Crippen LogP contribution in [0.1, 0.15) is 44.5 Å². The van der Waals surface area contributed by atoms with E-state index in [4.69, 9.17) is 0 Å². The molecule has 0 saturated heterocycles. The first-order valence-corrected chi connectivity index (χ1v) is 41.9. The molecule has 0 aliphatic heterocycles. The van der Waals surface area contributed by atoms with Gasteiger partial charge in [0, 0.05) is 16.0 Å². The van der Waals surface area contributed by atoms with Crippen LogP contribution in [0.25, 0.3) is 122 Å². The first-order valence-electron chi connectivity index (χ1n) is 41.1. The summed E-state index contributed by atoms with van der Waals surface area (Å²) in [5.41, 5.74) is 30.1. The van der Waals surface area contributed by atoms with Crippen LogP contribution in [0.4, 0.5) is 4.39 Å². The molecule has 0 aliphatic carbocycles. The van der Waals surface area contributed by atoms with Crippen molar-refractivity contribution in [3.8, 4) is 100.0 Å². The molecule has 0 fully saturated rings. The number of thiophene rings is 1. The van der Waals surface area contributed by atoms with E-state index in [9.17, 15) is 4.39 Å². The Morgan fingerprint density at radius 3 is 1.09 bits per heavy atom. The largest absolute Gasteiger partial charge is 0.220 e. The highest BCUT2D eigenvalue weighted by molar-refractivity contribution is 7.13. The molecule has 20 rings (SSSR count). The Labute approximate surface area is 722 Å². The molecular weight excluding hydrogens is 1500 g/mol. The van der Waals surface area contributed by atoms with Crippen molar-refractivity contribution in [1.29, 1.82) is 0 Å². The fourth-order valence-corrected chi connectivity index (χ4v) is 14.5. The third-order valence-corrected chi connectivity index (χ3v) is 21.4. The quantitative estimate of drug-likeness (QED) is 0.137. The fraction of sp³-hybridized carbons (Fsp3) is 0.0702. The van der Waals surface area contributed by atoms with Gasteiger partial charge in [0.1, 0.15) is 17.2 Å². The molecule has 0 N–H and O–H groups in total. The average molecular weight is 1600 g/mol. The predicted octanol–water partition coefficient (Wildman–Crippen LogP) is 31.0. The standard InChI is InChI=1S/C21H16.2C15H13N3.C13H11F.3C13H12.C11H10S/c1-15-13-14-21(19-11-5-4-9-17(15)19)20-12-6-8-16-7-2-3-10-18(16)20;1-12-6-5-7-13(10-12)15-11-18(17-16-15)14-8-3-2-4-9-14;1-12-7-9-13(10-8-12)15-11-18(17-16-15)14-5-3-2-4-6-14;1-10-2-4-11(5-3-10)12-6-8-13(14)9-7-12;1-11-7-5-6-10-13(11)12-8-3-2-4-9-12;1-11-6-5-9-13(10-11)12-7-3-2-4-8-12;1-11-7-9-13(10-8-11)12-5-3-2-4-6-12;1-9-4-6-10(7-5-9)11-3-2-8-12-11/h2-14H,1H3;2*2-11H,1H3;2-9H,1H3;3*2-10H,1H3;2-8H,1H3.